The number of methoxy groups -OCH3 is 2. The van der Waals surface area contributed by atoms with Crippen molar-refractivity contribution in [2.24, 2.45) is 0 Å². The number of carbonyl (C=O) groups is 2. The summed E-state index contributed by atoms with van der Waals surface area (Å²) in [6, 6.07) is 0.875. The zero-order valence-corrected chi connectivity index (χ0v) is 15.3. The Bertz CT molecular complexity index is 1050. The highest BCUT2D eigenvalue weighted by molar-refractivity contribution is 7.88. The molecule has 2 aromatic rings. The van der Waals surface area contributed by atoms with E-state index in [4.69, 9.17) is 0 Å². The van der Waals surface area contributed by atoms with Crippen molar-refractivity contribution >= 4 is 27.6 Å². The van der Waals surface area contributed by atoms with Crippen LogP contribution in [0.5, 0.6) is 5.75 Å². The first-order valence-electron chi connectivity index (χ1n) is 7.22. The summed E-state index contributed by atoms with van der Waals surface area (Å²) < 4.78 is 75.3. The van der Waals surface area contributed by atoms with Crippen LogP contribution in [0.3, 0.4) is 0 Å². The Morgan fingerprint density at radius 2 is 1.86 bits per heavy atom. The molecule has 2 rings (SSSR count). The molecule has 0 aliphatic carbocycles. The molecule has 0 radical (unpaired) electrons. The Balaban J connectivity index is 2.85. The first kappa shape index (κ1) is 21.4. The summed E-state index contributed by atoms with van der Waals surface area (Å²) in [5.41, 5.74) is -7.31. The van der Waals surface area contributed by atoms with Crippen LogP contribution in [0.1, 0.15) is 27.7 Å². The molecular formula is C14H13F3N2O8S. The van der Waals surface area contributed by atoms with Gasteiger partial charge in [-0.1, -0.05) is 0 Å². The maximum Gasteiger partial charge on any atom is 0.534 e. The average Bonchev–Trinajstić information content (AvgIpc) is 3.02. The van der Waals surface area contributed by atoms with Gasteiger partial charge < -0.3 is 18.8 Å². The van der Waals surface area contributed by atoms with Crippen LogP contribution >= 0.6 is 0 Å². The van der Waals surface area contributed by atoms with Gasteiger partial charge in [0.15, 0.2) is 17.5 Å². The van der Waals surface area contributed by atoms with Crippen molar-refractivity contribution in [2.75, 3.05) is 14.2 Å². The molecule has 0 aliphatic rings. The molecule has 2 heterocycles. The molecule has 0 saturated carbocycles. The summed E-state index contributed by atoms with van der Waals surface area (Å²) in [6.07, 6.45) is -1.04. The molecule has 14 heteroatoms. The van der Waals surface area contributed by atoms with Crippen LogP contribution < -0.4 is 4.18 Å². The number of carbonyl (C=O) groups excluding carboxylic acids is 2. The summed E-state index contributed by atoms with van der Waals surface area (Å²) in [7, 11) is -4.26. The number of aliphatic hydroxyl groups excluding tert-OH is 1. The van der Waals surface area contributed by atoms with Crippen LogP contribution in [-0.4, -0.2) is 54.8 Å². The Morgan fingerprint density at radius 1 is 1.25 bits per heavy atom. The summed E-state index contributed by atoms with van der Waals surface area (Å²) in [6.45, 7) is 1.24. The molecule has 1 atom stereocenters. The number of esters is 2. The summed E-state index contributed by atoms with van der Waals surface area (Å²) in [4.78, 5) is 23.3. The van der Waals surface area contributed by atoms with Gasteiger partial charge in [-0.25, -0.2) is 14.1 Å². The predicted molar refractivity (Wildman–Crippen MR) is 83.8 cm³/mol. The first-order chi connectivity index (χ1) is 12.8. The van der Waals surface area contributed by atoms with E-state index in [2.05, 4.69) is 18.8 Å². The Hall–Kier alpha value is -2.87. The van der Waals surface area contributed by atoms with E-state index in [1.54, 1.807) is 0 Å². The number of hydrogen-bond donors (Lipinski definition) is 1. The third kappa shape index (κ3) is 3.73. The molecule has 0 aliphatic heterocycles. The van der Waals surface area contributed by atoms with E-state index in [-0.39, 0.29) is 11.3 Å². The Kier molecular flexibility index (Phi) is 5.57. The fourth-order valence-electron chi connectivity index (χ4n) is 2.25. The SMILES string of the molecule is COC(=O)c1cc2c(OS(=O)(=O)C(F)(F)F)c(C(O)C(=O)OC)c(C)cn2n1. The molecule has 0 spiro atoms. The second-order valence-corrected chi connectivity index (χ2v) is 6.85. The summed E-state index contributed by atoms with van der Waals surface area (Å²) in [5, 5.41) is 13.9. The van der Waals surface area contributed by atoms with Crippen LogP contribution in [0.25, 0.3) is 5.52 Å². The molecule has 0 amide bonds. The number of alkyl halides is 3. The van der Waals surface area contributed by atoms with E-state index in [9.17, 15) is 36.3 Å². The zero-order chi connectivity index (χ0) is 21.4. The van der Waals surface area contributed by atoms with Gasteiger partial charge in [0.2, 0.25) is 0 Å². The predicted octanol–water partition coefficient (Wildman–Crippen LogP) is 0.864. The third-order valence-electron chi connectivity index (χ3n) is 3.52. The second-order valence-electron chi connectivity index (χ2n) is 5.31. The Morgan fingerprint density at radius 3 is 2.36 bits per heavy atom. The van der Waals surface area contributed by atoms with Gasteiger partial charge in [-0.15, -0.1) is 0 Å². The van der Waals surface area contributed by atoms with E-state index >= 15 is 0 Å². The fourth-order valence-corrected chi connectivity index (χ4v) is 2.74. The van der Waals surface area contributed by atoms with Gasteiger partial charge in [-0.2, -0.15) is 26.7 Å². The zero-order valence-electron chi connectivity index (χ0n) is 14.5. The minimum absolute atomic E-state index is 0.0720. The van der Waals surface area contributed by atoms with E-state index in [0.717, 1.165) is 31.0 Å². The third-order valence-corrected chi connectivity index (χ3v) is 4.48. The average molecular weight is 426 g/mol. The van der Waals surface area contributed by atoms with Crippen molar-refractivity contribution in [1.82, 2.24) is 9.61 Å². The first-order valence-corrected chi connectivity index (χ1v) is 8.62. The van der Waals surface area contributed by atoms with Crippen molar-refractivity contribution in [3.63, 3.8) is 0 Å². The molecule has 28 heavy (non-hydrogen) atoms. The highest BCUT2D eigenvalue weighted by atomic mass is 32.2. The number of halogens is 3. The van der Waals surface area contributed by atoms with Crippen molar-refractivity contribution < 1.29 is 49.9 Å². The molecule has 1 unspecified atom stereocenters. The monoisotopic (exact) mass is 426 g/mol. The number of pyridine rings is 1. The number of nitrogens with zero attached hydrogens (tertiary/aromatic N) is 2. The van der Waals surface area contributed by atoms with Gasteiger partial charge in [-0.3, -0.25) is 0 Å². The van der Waals surface area contributed by atoms with Crippen LogP contribution in [0, 0.1) is 6.92 Å². The molecule has 0 aromatic carbocycles. The smallest absolute Gasteiger partial charge is 0.467 e. The van der Waals surface area contributed by atoms with Gasteiger partial charge >= 0.3 is 27.6 Å². The number of aryl methyl sites for hydroxylation is 1. The molecule has 2 aromatic heterocycles. The summed E-state index contributed by atoms with van der Waals surface area (Å²) >= 11 is 0. The number of rotatable bonds is 5. The highest BCUT2D eigenvalue weighted by Crippen LogP contribution is 2.37. The lowest BCUT2D eigenvalue weighted by molar-refractivity contribution is -0.150. The minimum atomic E-state index is -6.18. The van der Waals surface area contributed by atoms with Crippen LogP contribution in [0.15, 0.2) is 12.3 Å². The largest absolute Gasteiger partial charge is 0.534 e. The fraction of sp³-hybridized carbons (Fsp3) is 0.357. The molecule has 0 fully saturated rings. The van der Waals surface area contributed by atoms with E-state index in [1.165, 1.54) is 6.92 Å². The maximum atomic E-state index is 12.8. The van der Waals surface area contributed by atoms with Crippen molar-refractivity contribution in [2.45, 2.75) is 18.5 Å². The van der Waals surface area contributed by atoms with Crippen molar-refractivity contribution in [1.29, 1.82) is 0 Å². The number of aromatic nitrogens is 2. The van der Waals surface area contributed by atoms with Crippen molar-refractivity contribution in [3.05, 3.63) is 29.1 Å². The lowest BCUT2D eigenvalue weighted by Crippen LogP contribution is -2.29. The van der Waals surface area contributed by atoms with Gasteiger partial charge in [0.1, 0.15) is 5.52 Å². The highest BCUT2D eigenvalue weighted by Gasteiger charge is 2.49. The van der Waals surface area contributed by atoms with Crippen LogP contribution in [-0.2, 0) is 24.4 Å². The molecule has 154 valence electrons. The van der Waals surface area contributed by atoms with Gasteiger partial charge in [0.05, 0.1) is 14.2 Å². The van der Waals surface area contributed by atoms with Gasteiger partial charge in [0.25, 0.3) is 0 Å². The maximum absolute atomic E-state index is 12.8. The number of aliphatic hydroxyl groups is 1. The molecular weight excluding hydrogens is 413 g/mol. The van der Waals surface area contributed by atoms with Crippen LogP contribution in [0.2, 0.25) is 0 Å². The van der Waals surface area contributed by atoms with Gasteiger partial charge in [0, 0.05) is 17.8 Å². The standard InChI is InChI=1S/C14H13F3N2O8S/c1-6-5-19-8(4-7(18-19)12(21)25-2)11(9(6)10(20)13(22)26-3)27-28(23,24)14(15,16)17/h4-5,10,20H,1-3H3. The van der Waals surface area contributed by atoms with E-state index < -0.39 is 50.5 Å². The lowest BCUT2D eigenvalue weighted by atomic mass is 10.0. The van der Waals surface area contributed by atoms with Gasteiger partial charge in [-0.05, 0) is 12.5 Å². The van der Waals surface area contributed by atoms with Crippen LogP contribution in [0.4, 0.5) is 13.2 Å². The second kappa shape index (κ2) is 7.27. The molecule has 0 bridgehead atoms. The normalized spacial score (nSPS) is 13.2. The van der Waals surface area contributed by atoms with E-state index in [0.29, 0.717) is 0 Å². The minimum Gasteiger partial charge on any atom is -0.467 e. The molecule has 10 nitrogen and oxygen atoms in total. The molecule has 1 N–H and O–H groups in total. The quantitative estimate of drug-likeness (QED) is 0.420. The topological polar surface area (TPSA) is 134 Å². The summed E-state index contributed by atoms with van der Waals surface area (Å²) in [5.74, 6) is -3.30. The van der Waals surface area contributed by atoms with E-state index in [1.807, 2.05) is 0 Å². The number of hydrogen-bond acceptors (Lipinski definition) is 9. The molecule has 0 saturated heterocycles. The number of fused-ring (bicyclic) bond motifs is 1. The van der Waals surface area contributed by atoms with Crippen molar-refractivity contribution in [3.8, 4) is 5.75 Å². The number of ether oxygens (including phenoxy) is 2. The lowest BCUT2D eigenvalue weighted by Gasteiger charge is -2.18. The Labute approximate surface area is 155 Å².